The van der Waals surface area contributed by atoms with Gasteiger partial charge in [0.15, 0.2) is 0 Å². The van der Waals surface area contributed by atoms with Gasteiger partial charge in [-0.05, 0) is 43.5 Å². The Bertz CT molecular complexity index is 603. The first-order chi connectivity index (χ1) is 8.65. The Kier molecular flexibility index (Phi) is 3.33. The normalized spacial score (nSPS) is 16.6. The number of hydrogen-bond donors (Lipinski definition) is 0. The third kappa shape index (κ3) is 2.17. The molecule has 1 nitrogen and oxygen atoms in total. The maximum Gasteiger partial charge on any atom is 0.0750 e. The maximum atomic E-state index is 6.42. The van der Waals surface area contributed by atoms with E-state index in [0.717, 1.165) is 20.4 Å². The summed E-state index contributed by atoms with van der Waals surface area (Å²) in [5.74, 6) is 0.606. The number of halogens is 2. The lowest BCUT2D eigenvalue weighted by Crippen LogP contribution is -1.98. The summed E-state index contributed by atoms with van der Waals surface area (Å²) in [7, 11) is 0. The van der Waals surface area contributed by atoms with Crippen LogP contribution in [0.3, 0.4) is 0 Å². The van der Waals surface area contributed by atoms with Crippen LogP contribution in [0.5, 0.6) is 0 Å². The molecule has 0 amide bonds. The summed E-state index contributed by atoms with van der Waals surface area (Å²) in [5.41, 5.74) is 3.41. The quantitative estimate of drug-likeness (QED) is 0.663. The zero-order valence-electron chi connectivity index (χ0n) is 10.3. The van der Waals surface area contributed by atoms with E-state index in [4.69, 9.17) is 16.6 Å². The summed E-state index contributed by atoms with van der Waals surface area (Å²) in [6.07, 6.45) is 5.15. The van der Waals surface area contributed by atoms with Gasteiger partial charge in [0.1, 0.15) is 0 Å². The van der Waals surface area contributed by atoms with Gasteiger partial charge in [-0.15, -0.1) is 0 Å². The number of aromatic nitrogens is 1. The highest BCUT2D eigenvalue weighted by Gasteiger charge is 2.20. The minimum absolute atomic E-state index is 0.606. The topological polar surface area (TPSA) is 12.9 Å². The number of hydrogen-bond acceptors (Lipinski definition) is 1. The number of nitrogens with zero attached hydrogens (tertiary/aromatic N) is 1. The summed E-state index contributed by atoms with van der Waals surface area (Å²) in [6.45, 7) is 2.09. The van der Waals surface area contributed by atoms with Gasteiger partial charge in [0.2, 0.25) is 0 Å². The molecule has 1 aromatic heterocycles. The molecule has 1 saturated carbocycles. The molecular weight excluding hydrogens is 310 g/mol. The van der Waals surface area contributed by atoms with Crippen molar-refractivity contribution in [1.29, 1.82) is 0 Å². The standard InChI is InChI=1S/C15H15BrClN/c1-9-6-11(16)7-12-13(17)8-14(18-15(9)12)10-4-2-3-5-10/h6-8,10H,2-5H2,1H3. The van der Waals surface area contributed by atoms with E-state index < -0.39 is 0 Å². The second kappa shape index (κ2) is 4.82. The smallest absolute Gasteiger partial charge is 0.0750 e. The molecule has 2 aromatic rings. The van der Waals surface area contributed by atoms with E-state index in [0.29, 0.717) is 5.92 Å². The summed E-state index contributed by atoms with van der Waals surface area (Å²) < 4.78 is 1.06. The molecule has 18 heavy (non-hydrogen) atoms. The number of rotatable bonds is 1. The van der Waals surface area contributed by atoms with Crippen molar-refractivity contribution in [1.82, 2.24) is 4.98 Å². The van der Waals surface area contributed by atoms with Crippen LogP contribution < -0.4 is 0 Å². The van der Waals surface area contributed by atoms with Gasteiger partial charge in [0.05, 0.1) is 10.5 Å². The van der Waals surface area contributed by atoms with Crippen molar-refractivity contribution in [2.24, 2.45) is 0 Å². The van der Waals surface area contributed by atoms with Crippen molar-refractivity contribution in [2.45, 2.75) is 38.5 Å². The van der Waals surface area contributed by atoms with E-state index in [1.165, 1.54) is 36.9 Å². The van der Waals surface area contributed by atoms with Crippen LogP contribution in [0.4, 0.5) is 0 Å². The fraction of sp³-hybridized carbons (Fsp3) is 0.400. The molecule has 1 aromatic carbocycles. The minimum atomic E-state index is 0.606. The first kappa shape index (κ1) is 12.4. The van der Waals surface area contributed by atoms with Crippen LogP contribution in [-0.2, 0) is 0 Å². The molecule has 0 atom stereocenters. The van der Waals surface area contributed by atoms with E-state index in [9.17, 15) is 0 Å². The van der Waals surface area contributed by atoms with Crippen LogP contribution >= 0.6 is 27.5 Å². The van der Waals surface area contributed by atoms with Crippen LogP contribution in [0, 0.1) is 6.92 Å². The average Bonchev–Trinajstić information content (AvgIpc) is 2.83. The van der Waals surface area contributed by atoms with Gasteiger partial charge in [-0.3, -0.25) is 4.98 Å². The van der Waals surface area contributed by atoms with E-state index in [1.54, 1.807) is 0 Å². The first-order valence-corrected chi connectivity index (χ1v) is 7.58. The van der Waals surface area contributed by atoms with Gasteiger partial charge in [0, 0.05) is 21.5 Å². The van der Waals surface area contributed by atoms with Crippen molar-refractivity contribution in [3.63, 3.8) is 0 Å². The van der Waals surface area contributed by atoms with Crippen LogP contribution in [0.2, 0.25) is 5.02 Å². The molecule has 94 valence electrons. The van der Waals surface area contributed by atoms with Gasteiger partial charge in [-0.2, -0.15) is 0 Å². The number of fused-ring (bicyclic) bond motifs is 1. The van der Waals surface area contributed by atoms with Crippen molar-refractivity contribution in [2.75, 3.05) is 0 Å². The molecule has 0 N–H and O–H groups in total. The summed E-state index contributed by atoms with van der Waals surface area (Å²) in [5, 5.41) is 1.87. The summed E-state index contributed by atoms with van der Waals surface area (Å²) >= 11 is 9.94. The largest absolute Gasteiger partial charge is 0.252 e. The Morgan fingerprint density at radius 1 is 1.22 bits per heavy atom. The molecule has 0 bridgehead atoms. The molecule has 0 spiro atoms. The number of benzene rings is 1. The SMILES string of the molecule is Cc1cc(Br)cc2c(Cl)cc(C3CCCC3)nc12. The molecule has 0 aliphatic heterocycles. The lowest BCUT2D eigenvalue weighted by Gasteiger charge is -2.12. The van der Waals surface area contributed by atoms with Crippen LogP contribution in [0.15, 0.2) is 22.7 Å². The number of pyridine rings is 1. The van der Waals surface area contributed by atoms with Crippen molar-refractivity contribution in [3.05, 3.63) is 39.0 Å². The Hall–Kier alpha value is -0.600. The third-order valence-electron chi connectivity index (χ3n) is 3.81. The zero-order chi connectivity index (χ0) is 12.7. The maximum absolute atomic E-state index is 6.42. The predicted octanol–water partition coefficient (Wildman–Crippen LogP) is 5.62. The second-order valence-electron chi connectivity index (χ2n) is 5.13. The van der Waals surface area contributed by atoms with E-state index >= 15 is 0 Å². The second-order valence-corrected chi connectivity index (χ2v) is 6.45. The lowest BCUT2D eigenvalue weighted by atomic mass is 10.0. The lowest BCUT2D eigenvalue weighted by molar-refractivity contribution is 0.701. The van der Waals surface area contributed by atoms with Gasteiger partial charge in [0.25, 0.3) is 0 Å². The fourth-order valence-corrected chi connectivity index (χ4v) is 3.69. The van der Waals surface area contributed by atoms with Gasteiger partial charge in [-0.1, -0.05) is 40.4 Å². The van der Waals surface area contributed by atoms with E-state index in [-0.39, 0.29) is 0 Å². The molecule has 3 rings (SSSR count). The highest BCUT2D eigenvalue weighted by atomic mass is 79.9. The molecule has 1 aliphatic rings. The van der Waals surface area contributed by atoms with E-state index in [2.05, 4.69) is 41.1 Å². The van der Waals surface area contributed by atoms with Gasteiger partial charge in [-0.25, -0.2) is 0 Å². The number of aryl methyl sites for hydroxylation is 1. The minimum Gasteiger partial charge on any atom is -0.252 e. The highest BCUT2D eigenvalue weighted by Crippen LogP contribution is 2.37. The highest BCUT2D eigenvalue weighted by molar-refractivity contribution is 9.10. The fourth-order valence-electron chi connectivity index (χ4n) is 2.87. The van der Waals surface area contributed by atoms with Crippen LogP contribution in [0.1, 0.15) is 42.9 Å². The Morgan fingerprint density at radius 2 is 1.94 bits per heavy atom. The first-order valence-electron chi connectivity index (χ1n) is 6.41. The molecular formula is C15H15BrClN. The van der Waals surface area contributed by atoms with Gasteiger partial charge < -0.3 is 0 Å². The molecule has 0 radical (unpaired) electrons. The zero-order valence-corrected chi connectivity index (χ0v) is 12.7. The van der Waals surface area contributed by atoms with Crippen molar-refractivity contribution < 1.29 is 0 Å². The van der Waals surface area contributed by atoms with Crippen LogP contribution in [0.25, 0.3) is 10.9 Å². The molecule has 3 heteroatoms. The average molecular weight is 325 g/mol. The Balaban J connectivity index is 2.20. The van der Waals surface area contributed by atoms with E-state index in [1.807, 2.05) is 0 Å². The predicted molar refractivity (Wildman–Crippen MR) is 80.4 cm³/mol. The molecule has 1 fully saturated rings. The molecule has 1 heterocycles. The third-order valence-corrected chi connectivity index (χ3v) is 4.58. The van der Waals surface area contributed by atoms with Crippen LogP contribution in [-0.4, -0.2) is 4.98 Å². The van der Waals surface area contributed by atoms with Gasteiger partial charge >= 0.3 is 0 Å². The van der Waals surface area contributed by atoms with Crippen molar-refractivity contribution in [3.8, 4) is 0 Å². The Morgan fingerprint density at radius 3 is 2.67 bits per heavy atom. The molecule has 1 aliphatic carbocycles. The summed E-state index contributed by atoms with van der Waals surface area (Å²) in [6, 6.07) is 6.21. The Labute approximate surface area is 121 Å². The monoisotopic (exact) mass is 323 g/mol. The molecule has 0 unspecified atom stereocenters. The van der Waals surface area contributed by atoms with Crippen molar-refractivity contribution >= 4 is 38.4 Å². The summed E-state index contributed by atoms with van der Waals surface area (Å²) in [4.78, 5) is 4.85. The molecule has 0 saturated heterocycles.